The standard InChI is InChI=1S/C38H41N3O5S/c1-26-12-10-11-17-31(26)23-39-35(43)34-38(2,3)47-25-41(34)36(44)33(42)32(22-27-13-6-4-7-14-27)40-37(45)46-24-28-18-20-30(21-19-28)29-15-8-5-9-16-29/h4-21,32-34,42H,22-25H2,1-3H3,(H,39,43)(H,40,45)/t32-,33-,34+/m0/s1. The van der Waals surface area contributed by atoms with Gasteiger partial charge in [-0.25, -0.2) is 4.79 Å². The van der Waals surface area contributed by atoms with Crippen LogP contribution in [-0.4, -0.2) is 56.7 Å². The molecule has 3 N–H and O–H groups in total. The molecule has 0 unspecified atom stereocenters. The lowest BCUT2D eigenvalue weighted by Gasteiger charge is -2.33. The van der Waals surface area contributed by atoms with Gasteiger partial charge in [0.25, 0.3) is 5.91 Å². The minimum absolute atomic E-state index is 0.0170. The van der Waals surface area contributed by atoms with Crippen LogP contribution in [0, 0.1) is 6.92 Å². The molecule has 4 aromatic carbocycles. The molecule has 5 rings (SSSR count). The third-order valence-electron chi connectivity index (χ3n) is 8.46. The Morgan fingerprint density at radius 3 is 2.17 bits per heavy atom. The minimum Gasteiger partial charge on any atom is -0.445 e. The third kappa shape index (κ3) is 8.61. The van der Waals surface area contributed by atoms with Crippen LogP contribution in [0.1, 0.15) is 36.1 Å². The van der Waals surface area contributed by atoms with Gasteiger partial charge < -0.3 is 25.4 Å². The molecule has 3 amide bonds. The highest BCUT2D eigenvalue weighted by molar-refractivity contribution is 8.00. The average Bonchev–Trinajstić information content (AvgIpc) is 3.41. The zero-order chi connectivity index (χ0) is 33.4. The van der Waals surface area contributed by atoms with Gasteiger partial charge in [-0.05, 0) is 60.6 Å². The van der Waals surface area contributed by atoms with Crippen molar-refractivity contribution in [1.29, 1.82) is 0 Å². The van der Waals surface area contributed by atoms with Gasteiger partial charge >= 0.3 is 6.09 Å². The smallest absolute Gasteiger partial charge is 0.407 e. The first-order chi connectivity index (χ1) is 22.6. The summed E-state index contributed by atoms with van der Waals surface area (Å²) in [6, 6.07) is 33.0. The van der Waals surface area contributed by atoms with Gasteiger partial charge in [-0.15, -0.1) is 11.8 Å². The van der Waals surface area contributed by atoms with Crippen LogP contribution in [0.5, 0.6) is 0 Å². The molecule has 0 aliphatic carbocycles. The zero-order valence-corrected chi connectivity index (χ0v) is 27.7. The van der Waals surface area contributed by atoms with E-state index in [-0.39, 0.29) is 24.8 Å². The lowest BCUT2D eigenvalue weighted by atomic mass is 9.97. The third-order valence-corrected chi connectivity index (χ3v) is 9.83. The first kappa shape index (κ1) is 33.8. The average molecular weight is 652 g/mol. The topological polar surface area (TPSA) is 108 Å². The Hall–Kier alpha value is -4.60. The monoisotopic (exact) mass is 651 g/mol. The van der Waals surface area contributed by atoms with E-state index in [1.165, 1.54) is 16.7 Å². The van der Waals surface area contributed by atoms with Gasteiger partial charge in [0, 0.05) is 11.3 Å². The summed E-state index contributed by atoms with van der Waals surface area (Å²) in [4.78, 5) is 41.9. The van der Waals surface area contributed by atoms with E-state index < -0.39 is 34.9 Å². The summed E-state index contributed by atoms with van der Waals surface area (Å²) >= 11 is 1.47. The van der Waals surface area contributed by atoms with Gasteiger partial charge in [0.15, 0.2) is 6.10 Å². The molecule has 8 nitrogen and oxygen atoms in total. The Balaban J connectivity index is 1.26. The number of carbonyl (C=O) groups is 3. The first-order valence-electron chi connectivity index (χ1n) is 15.7. The number of hydrogen-bond acceptors (Lipinski definition) is 6. The molecule has 3 atom stereocenters. The van der Waals surface area contributed by atoms with E-state index in [1.807, 2.05) is 130 Å². The van der Waals surface area contributed by atoms with E-state index in [0.29, 0.717) is 6.54 Å². The predicted molar refractivity (Wildman–Crippen MR) is 185 cm³/mol. The zero-order valence-electron chi connectivity index (χ0n) is 26.9. The van der Waals surface area contributed by atoms with Crippen LogP contribution < -0.4 is 10.6 Å². The van der Waals surface area contributed by atoms with Crippen LogP contribution in [0.2, 0.25) is 0 Å². The minimum atomic E-state index is -1.62. The van der Waals surface area contributed by atoms with Crippen molar-refractivity contribution in [2.24, 2.45) is 0 Å². The van der Waals surface area contributed by atoms with Gasteiger partial charge in [0.2, 0.25) is 5.91 Å². The largest absolute Gasteiger partial charge is 0.445 e. The van der Waals surface area contributed by atoms with Gasteiger partial charge in [-0.2, -0.15) is 0 Å². The van der Waals surface area contributed by atoms with E-state index >= 15 is 0 Å². The van der Waals surface area contributed by atoms with Gasteiger partial charge in [-0.1, -0.05) is 109 Å². The fourth-order valence-electron chi connectivity index (χ4n) is 5.72. The number of aliphatic hydroxyl groups is 1. The van der Waals surface area contributed by atoms with Gasteiger partial charge in [-0.3, -0.25) is 9.59 Å². The summed E-state index contributed by atoms with van der Waals surface area (Å²) in [5.41, 5.74) is 5.80. The summed E-state index contributed by atoms with van der Waals surface area (Å²) < 4.78 is 4.92. The summed E-state index contributed by atoms with van der Waals surface area (Å²) in [5.74, 6) is -0.696. The number of benzene rings is 4. The van der Waals surface area contributed by atoms with Crippen molar-refractivity contribution in [3.8, 4) is 11.1 Å². The number of ether oxygens (including phenoxy) is 1. The molecule has 0 saturated carbocycles. The first-order valence-corrected chi connectivity index (χ1v) is 16.7. The molecule has 1 fully saturated rings. The van der Waals surface area contributed by atoms with Gasteiger partial charge in [0.1, 0.15) is 12.6 Å². The van der Waals surface area contributed by atoms with Crippen molar-refractivity contribution in [3.63, 3.8) is 0 Å². The molecule has 1 heterocycles. The number of alkyl carbamates (subject to hydrolysis) is 1. The second kappa shape index (κ2) is 15.3. The number of thioether (sulfide) groups is 1. The van der Waals surface area contributed by atoms with Crippen LogP contribution in [-0.2, 0) is 33.9 Å². The van der Waals surface area contributed by atoms with Crippen LogP contribution in [0.4, 0.5) is 4.79 Å². The lowest BCUT2D eigenvalue weighted by Crippen LogP contribution is -2.58. The van der Waals surface area contributed by atoms with Crippen molar-refractivity contribution in [2.75, 3.05) is 5.88 Å². The Morgan fingerprint density at radius 1 is 0.872 bits per heavy atom. The Kier molecular flexibility index (Phi) is 11.0. The molecule has 47 heavy (non-hydrogen) atoms. The number of amides is 3. The molecule has 0 aromatic heterocycles. The number of aryl methyl sites for hydroxylation is 1. The normalized spacial score (nSPS) is 16.6. The van der Waals surface area contributed by atoms with E-state index in [4.69, 9.17) is 4.74 Å². The molecule has 1 aliphatic heterocycles. The number of nitrogens with zero attached hydrogens (tertiary/aromatic N) is 1. The molecule has 0 bridgehead atoms. The molecule has 1 saturated heterocycles. The highest BCUT2D eigenvalue weighted by Crippen LogP contribution is 2.40. The number of aliphatic hydroxyl groups excluding tert-OH is 1. The van der Waals surface area contributed by atoms with E-state index in [9.17, 15) is 19.5 Å². The Labute approximate surface area is 280 Å². The highest BCUT2D eigenvalue weighted by atomic mass is 32.2. The number of hydrogen-bond donors (Lipinski definition) is 3. The van der Waals surface area contributed by atoms with Crippen molar-refractivity contribution in [1.82, 2.24) is 15.5 Å². The molecular weight excluding hydrogens is 611 g/mol. The second-order valence-electron chi connectivity index (χ2n) is 12.3. The second-order valence-corrected chi connectivity index (χ2v) is 13.9. The molecule has 4 aromatic rings. The fraction of sp³-hybridized carbons (Fsp3) is 0.289. The van der Waals surface area contributed by atoms with E-state index in [1.54, 1.807) is 0 Å². The number of nitrogens with one attached hydrogen (secondary N) is 2. The van der Waals surface area contributed by atoms with Crippen molar-refractivity contribution in [3.05, 3.63) is 131 Å². The maximum Gasteiger partial charge on any atom is 0.407 e. The SMILES string of the molecule is Cc1ccccc1CNC(=O)[C@H]1N(C(=O)[C@@H](O)[C@H](Cc2ccccc2)NC(=O)OCc2ccc(-c3ccccc3)cc2)CSC1(C)C. The van der Waals surface area contributed by atoms with Gasteiger partial charge in [0.05, 0.1) is 11.9 Å². The Morgan fingerprint density at radius 2 is 1.49 bits per heavy atom. The lowest BCUT2D eigenvalue weighted by molar-refractivity contribution is -0.147. The van der Waals surface area contributed by atoms with Crippen LogP contribution in [0.15, 0.2) is 109 Å². The van der Waals surface area contributed by atoms with Crippen molar-refractivity contribution >= 4 is 29.7 Å². The van der Waals surface area contributed by atoms with Crippen molar-refractivity contribution in [2.45, 2.75) is 63.3 Å². The van der Waals surface area contributed by atoms with E-state index in [0.717, 1.165) is 33.4 Å². The number of carbonyl (C=O) groups excluding carboxylic acids is 3. The summed E-state index contributed by atoms with van der Waals surface area (Å²) in [5, 5.41) is 17.2. The molecule has 244 valence electrons. The predicted octanol–water partition coefficient (Wildman–Crippen LogP) is 5.86. The maximum absolute atomic E-state index is 13.9. The molecule has 0 radical (unpaired) electrons. The quantitative estimate of drug-likeness (QED) is 0.188. The highest BCUT2D eigenvalue weighted by Gasteiger charge is 2.49. The Bertz CT molecular complexity index is 1660. The summed E-state index contributed by atoms with van der Waals surface area (Å²) in [6.45, 7) is 6.16. The van der Waals surface area contributed by atoms with Crippen molar-refractivity contribution < 1.29 is 24.2 Å². The molecule has 1 aliphatic rings. The van der Waals surface area contributed by atoms with E-state index in [2.05, 4.69) is 10.6 Å². The summed E-state index contributed by atoms with van der Waals surface area (Å²) in [6.07, 6.45) is -2.19. The van der Waals surface area contributed by atoms with Crippen LogP contribution in [0.3, 0.4) is 0 Å². The molecular formula is C38H41N3O5S. The fourth-order valence-corrected chi connectivity index (χ4v) is 6.86. The number of rotatable bonds is 11. The molecule has 9 heteroatoms. The van der Waals surface area contributed by atoms with Crippen LogP contribution in [0.25, 0.3) is 11.1 Å². The van der Waals surface area contributed by atoms with Crippen LogP contribution >= 0.6 is 11.8 Å². The maximum atomic E-state index is 13.9. The summed E-state index contributed by atoms with van der Waals surface area (Å²) in [7, 11) is 0. The molecule has 0 spiro atoms.